The van der Waals surface area contributed by atoms with E-state index in [0.717, 1.165) is 5.75 Å². The molecule has 0 aliphatic carbocycles. The van der Waals surface area contributed by atoms with Gasteiger partial charge in [0.25, 0.3) is 0 Å². The highest BCUT2D eigenvalue weighted by molar-refractivity contribution is 6.00. The van der Waals surface area contributed by atoms with Gasteiger partial charge >= 0.3 is 12.0 Å². The molecule has 0 fully saturated rings. The fraction of sp³-hybridized carbons (Fsp3) is 0.176. The first-order valence-electron chi connectivity index (χ1n) is 7.11. The van der Waals surface area contributed by atoms with Crippen molar-refractivity contribution in [2.24, 2.45) is 0 Å². The van der Waals surface area contributed by atoms with E-state index in [1.165, 1.54) is 7.11 Å². The molecule has 0 unspecified atom stereocenters. The Bertz CT molecular complexity index is 666. The highest BCUT2D eigenvalue weighted by atomic mass is 16.5. The molecule has 0 spiro atoms. The number of esters is 1. The normalized spacial score (nSPS) is 9.83. The van der Waals surface area contributed by atoms with Crippen LogP contribution < -0.4 is 15.4 Å². The highest BCUT2D eigenvalue weighted by Crippen LogP contribution is 2.16. The zero-order chi connectivity index (χ0) is 16.7. The molecular weight excluding hydrogens is 296 g/mol. The first-order chi connectivity index (χ1) is 11.1. The molecule has 2 rings (SSSR count). The third-order valence-electron chi connectivity index (χ3n) is 2.99. The summed E-state index contributed by atoms with van der Waals surface area (Å²) in [6.07, 6.45) is 0. The number of ether oxygens (including phenoxy) is 2. The molecule has 0 bridgehead atoms. The second kappa shape index (κ2) is 7.84. The number of methoxy groups -OCH3 is 1. The number of carbonyl (C=O) groups is 2. The van der Waals surface area contributed by atoms with Gasteiger partial charge in [0.1, 0.15) is 5.75 Å². The topological polar surface area (TPSA) is 76.7 Å². The molecule has 2 aromatic rings. The summed E-state index contributed by atoms with van der Waals surface area (Å²) in [7, 11) is 1.32. The molecule has 2 N–H and O–H groups in total. The van der Waals surface area contributed by atoms with Crippen LogP contribution in [0.25, 0.3) is 0 Å². The van der Waals surface area contributed by atoms with Gasteiger partial charge in [-0.2, -0.15) is 0 Å². The molecule has 0 aromatic heterocycles. The Balaban J connectivity index is 1.92. The molecule has 6 nitrogen and oxygen atoms in total. The van der Waals surface area contributed by atoms with Gasteiger partial charge in [-0.1, -0.05) is 0 Å². The van der Waals surface area contributed by atoms with Crippen molar-refractivity contribution in [3.05, 3.63) is 54.1 Å². The monoisotopic (exact) mass is 314 g/mol. The minimum absolute atomic E-state index is 0.375. The standard InChI is InChI=1S/C17H18N2O4/c1-3-23-15-10-8-14(9-11-15)19-17(21)18-13-6-4-12(5-7-13)16(20)22-2/h4-11H,3H2,1-2H3,(H2,18,19,21). The lowest BCUT2D eigenvalue weighted by atomic mass is 10.2. The molecule has 0 radical (unpaired) electrons. The maximum atomic E-state index is 11.9. The van der Waals surface area contributed by atoms with Crippen LogP contribution in [0.15, 0.2) is 48.5 Å². The van der Waals surface area contributed by atoms with Crippen LogP contribution in [0.4, 0.5) is 16.2 Å². The van der Waals surface area contributed by atoms with Crippen molar-refractivity contribution in [3.8, 4) is 5.75 Å². The summed E-state index contributed by atoms with van der Waals surface area (Å²) >= 11 is 0. The van der Waals surface area contributed by atoms with E-state index in [1.54, 1.807) is 48.5 Å². The summed E-state index contributed by atoms with van der Waals surface area (Å²) in [5.41, 5.74) is 1.64. The Morgan fingerprint density at radius 1 is 0.913 bits per heavy atom. The third-order valence-corrected chi connectivity index (χ3v) is 2.99. The molecule has 6 heteroatoms. The number of amides is 2. The van der Waals surface area contributed by atoms with Crippen LogP contribution in [0.3, 0.4) is 0 Å². The molecule has 0 aliphatic rings. The van der Waals surface area contributed by atoms with Crippen LogP contribution in [0.2, 0.25) is 0 Å². The van der Waals surface area contributed by atoms with Crippen molar-refractivity contribution < 1.29 is 19.1 Å². The van der Waals surface area contributed by atoms with Crippen LogP contribution in [0.5, 0.6) is 5.75 Å². The Morgan fingerprint density at radius 2 is 1.43 bits per heavy atom. The van der Waals surface area contributed by atoms with E-state index in [2.05, 4.69) is 15.4 Å². The van der Waals surface area contributed by atoms with Gasteiger partial charge in [0, 0.05) is 11.4 Å². The lowest BCUT2D eigenvalue weighted by Gasteiger charge is -2.09. The first kappa shape index (κ1) is 16.4. The molecule has 0 aliphatic heterocycles. The summed E-state index contributed by atoms with van der Waals surface area (Å²) in [4.78, 5) is 23.3. The summed E-state index contributed by atoms with van der Waals surface area (Å²) < 4.78 is 9.95. The number of hydrogen-bond donors (Lipinski definition) is 2. The first-order valence-corrected chi connectivity index (χ1v) is 7.11. The Labute approximate surface area is 134 Å². The van der Waals surface area contributed by atoms with E-state index in [0.29, 0.717) is 23.5 Å². The van der Waals surface area contributed by atoms with E-state index >= 15 is 0 Å². The molecule has 2 aromatic carbocycles. The van der Waals surface area contributed by atoms with Crippen molar-refractivity contribution in [2.45, 2.75) is 6.92 Å². The Kier molecular flexibility index (Phi) is 5.57. The molecular formula is C17H18N2O4. The van der Waals surface area contributed by atoms with E-state index in [1.807, 2.05) is 6.92 Å². The number of carbonyl (C=O) groups excluding carboxylic acids is 2. The van der Waals surface area contributed by atoms with Crippen LogP contribution in [-0.2, 0) is 4.74 Å². The van der Waals surface area contributed by atoms with Crippen molar-refractivity contribution in [2.75, 3.05) is 24.4 Å². The van der Waals surface area contributed by atoms with Gasteiger partial charge in [-0.25, -0.2) is 9.59 Å². The van der Waals surface area contributed by atoms with E-state index in [-0.39, 0.29) is 6.03 Å². The van der Waals surface area contributed by atoms with Gasteiger partial charge in [0.15, 0.2) is 0 Å². The summed E-state index contributed by atoms with van der Waals surface area (Å²) in [6.45, 7) is 2.50. The smallest absolute Gasteiger partial charge is 0.337 e. The lowest BCUT2D eigenvalue weighted by Crippen LogP contribution is -2.19. The zero-order valence-electron chi connectivity index (χ0n) is 13.0. The molecule has 0 atom stereocenters. The third kappa shape index (κ3) is 4.74. The van der Waals surface area contributed by atoms with E-state index in [9.17, 15) is 9.59 Å². The Morgan fingerprint density at radius 3 is 1.91 bits per heavy atom. The lowest BCUT2D eigenvalue weighted by molar-refractivity contribution is 0.0601. The SMILES string of the molecule is CCOc1ccc(NC(=O)Nc2ccc(C(=O)OC)cc2)cc1. The van der Waals surface area contributed by atoms with Gasteiger partial charge in [-0.15, -0.1) is 0 Å². The predicted octanol–water partition coefficient (Wildman–Crippen LogP) is 3.52. The van der Waals surface area contributed by atoms with Crippen molar-refractivity contribution >= 4 is 23.4 Å². The van der Waals surface area contributed by atoms with Crippen LogP contribution >= 0.6 is 0 Å². The van der Waals surface area contributed by atoms with Crippen LogP contribution in [-0.4, -0.2) is 25.7 Å². The molecule has 2 amide bonds. The van der Waals surface area contributed by atoms with E-state index < -0.39 is 5.97 Å². The minimum atomic E-state index is -0.421. The number of benzene rings is 2. The number of rotatable bonds is 5. The van der Waals surface area contributed by atoms with Crippen molar-refractivity contribution in [1.82, 2.24) is 0 Å². The van der Waals surface area contributed by atoms with Crippen molar-refractivity contribution in [1.29, 1.82) is 0 Å². The van der Waals surface area contributed by atoms with Crippen molar-refractivity contribution in [3.63, 3.8) is 0 Å². The van der Waals surface area contributed by atoms with Crippen LogP contribution in [0.1, 0.15) is 17.3 Å². The summed E-state index contributed by atoms with van der Waals surface area (Å²) in [5.74, 6) is 0.326. The predicted molar refractivity (Wildman–Crippen MR) is 88.0 cm³/mol. The average Bonchev–Trinajstić information content (AvgIpc) is 2.57. The molecule has 120 valence electrons. The fourth-order valence-electron chi connectivity index (χ4n) is 1.90. The number of nitrogens with one attached hydrogen (secondary N) is 2. The fourth-order valence-corrected chi connectivity index (χ4v) is 1.90. The number of hydrogen-bond acceptors (Lipinski definition) is 4. The Hall–Kier alpha value is -3.02. The van der Waals surface area contributed by atoms with Gasteiger partial charge in [-0.3, -0.25) is 0 Å². The summed E-state index contributed by atoms with van der Waals surface area (Å²) in [6, 6.07) is 13.1. The quantitative estimate of drug-likeness (QED) is 0.828. The van der Waals surface area contributed by atoms with Gasteiger partial charge in [-0.05, 0) is 55.5 Å². The van der Waals surface area contributed by atoms with Crippen LogP contribution in [0, 0.1) is 0 Å². The largest absolute Gasteiger partial charge is 0.494 e. The number of anilines is 2. The maximum absolute atomic E-state index is 11.9. The van der Waals surface area contributed by atoms with Gasteiger partial charge in [0.2, 0.25) is 0 Å². The molecule has 0 saturated heterocycles. The average molecular weight is 314 g/mol. The number of urea groups is 1. The molecule has 0 saturated carbocycles. The molecule has 23 heavy (non-hydrogen) atoms. The highest BCUT2D eigenvalue weighted by Gasteiger charge is 2.06. The molecule has 0 heterocycles. The maximum Gasteiger partial charge on any atom is 0.337 e. The minimum Gasteiger partial charge on any atom is -0.494 e. The zero-order valence-corrected chi connectivity index (χ0v) is 13.0. The second-order valence-corrected chi connectivity index (χ2v) is 4.61. The second-order valence-electron chi connectivity index (χ2n) is 4.61. The van der Waals surface area contributed by atoms with E-state index in [4.69, 9.17) is 4.74 Å². The van der Waals surface area contributed by atoms with Gasteiger partial charge < -0.3 is 20.1 Å². The van der Waals surface area contributed by atoms with Gasteiger partial charge in [0.05, 0.1) is 19.3 Å². The summed E-state index contributed by atoms with van der Waals surface area (Å²) in [5, 5.41) is 5.39.